The Balaban J connectivity index is 2.08. The Labute approximate surface area is 104 Å². The predicted octanol–water partition coefficient (Wildman–Crippen LogP) is 2.55. The van der Waals surface area contributed by atoms with E-state index in [1.165, 1.54) is 25.3 Å². The SMILES string of the molecule is COc1cc(NCc2cc(F)ccc2O)ccn1. The summed E-state index contributed by atoms with van der Waals surface area (Å²) in [6.45, 7) is 0.316. The molecule has 0 saturated carbocycles. The molecule has 2 N–H and O–H groups in total. The van der Waals surface area contributed by atoms with Crippen molar-refractivity contribution in [2.75, 3.05) is 12.4 Å². The fourth-order valence-electron chi connectivity index (χ4n) is 1.52. The van der Waals surface area contributed by atoms with E-state index in [0.717, 1.165) is 5.69 Å². The molecule has 0 unspecified atom stereocenters. The maximum absolute atomic E-state index is 13.0. The molecular formula is C13H13FN2O2. The van der Waals surface area contributed by atoms with Crippen LogP contribution >= 0.6 is 0 Å². The fraction of sp³-hybridized carbons (Fsp3) is 0.154. The van der Waals surface area contributed by atoms with E-state index in [9.17, 15) is 9.50 Å². The van der Waals surface area contributed by atoms with Crippen LogP contribution in [0.5, 0.6) is 11.6 Å². The molecule has 2 aromatic rings. The zero-order valence-electron chi connectivity index (χ0n) is 9.85. The van der Waals surface area contributed by atoms with Gasteiger partial charge in [0.15, 0.2) is 0 Å². The molecule has 18 heavy (non-hydrogen) atoms. The molecule has 0 fully saturated rings. The highest BCUT2D eigenvalue weighted by atomic mass is 19.1. The van der Waals surface area contributed by atoms with Crippen molar-refractivity contribution in [1.82, 2.24) is 4.98 Å². The average molecular weight is 248 g/mol. The molecule has 0 aliphatic heterocycles. The number of rotatable bonds is 4. The lowest BCUT2D eigenvalue weighted by molar-refractivity contribution is 0.398. The average Bonchev–Trinajstić information content (AvgIpc) is 2.40. The topological polar surface area (TPSA) is 54.4 Å². The number of hydrogen-bond acceptors (Lipinski definition) is 4. The summed E-state index contributed by atoms with van der Waals surface area (Å²) in [6, 6.07) is 7.32. The van der Waals surface area contributed by atoms with Gasteiger partial charge < -0.3 is 15.2 Å². The second-order valence-corrected chi connectivity index (χ2v) is 3.71. The van der Waals surface area contributed by atoms with Crippen molar-refractivity contribution in [3.8, 4) is 11.6 Å². The van der Waals surface area contributed by atoms with E-state index >= 15 is 0 Å². The quantitative estimate of drug-likeness (QED) is 0.873. The minimum Gasteiger partial charge on any atom is -0.508 e. The monoisotopic (exact) mass is 248 g/mol. The normalized spacial score (nSPS) is 10.1. The summed E-state index contributed by atoms with van der Waals surface area (Å²) in [5.41, 5.74) is 1.27. The van der Waals surface area contributed by atoms with Crippen molar-refractivity contribution in [3.63, 3.8) is 0 Å². The molecule has 2 rings (SSSR count). The van der Waals surface area contributed by atoms with Crippen molar-refractivity contribution in [2.24, 2.45) is 0 Å². The van der Waals surface area contributed by atoms with Crippen molar-refractivity contribution in [3.05, 3.63) is 47.9 Å². The Morgan fingerprint density at radius 2 is 2.17 bits per heavy atom. The summed E-state index contributed by atoms with van der Waals surface area (Å²) in [5.74, 6) is 0.172. The minimum absolute atomic E-state index is 0.0601. The summed E-state index contributed by atoms with van der Waals surface area (Å²) in [6.07, 6.45) is 1.60. The summed E-state index contributed by atoms with van der Waals surface area (Å²) in [4.78, 5) is 3.97. The second-order valence-electron chi connectivity index (χ2n) is 3.71. The van der Waals surface area contributed by atoms with Crippen LogP contribution in [0.2, 0.25) is 0 Å². The van der Waals surface area contributed by atoms with Crippen molar-refractivity contribution < 1.29 is 14.2 Å². The third-order valence-corrected chi connectivity index (χ3v) is 2.47. The summed E-state index contributed by atoms with van der Waals surface area (Å²) >= 11 is 0. The Kier molecular flexibility index (Phi) is 3.62. The van der Waals surface area contributed by atoms with Gasteiger partial charge >= 0.3 is 0 Å². The van der Waals surface area contributed by atoms with Gasteiger partial charge in [-0.3, -0.25) is 0 Å². The predicted molar refractivity (Wildman–Crippen MR) is 66.2 cm³/mol. The molecule has 0 spiro atoms. The molecular weight excluding hydrogens is 235 g/mol. The number of hydrogen-bond donors (Lipinski definition) is 2. The number of methoxy groups -OCH3 is 1. The van der Waals surface area contributed by atoms with Gasteiger partial charge in [-0.25, -0.2) is 9.37 Å². The van der Waals surface area contributed by atoms with Gasteiger partial charge in [0.05, 0.1) is 7.11 Å². The number of halogens is 1. The molecule has 0 bridgehead atoms. The van der Waals surface area contributed by atoms with E-state index in [1.807, 2.05) is 0 Å². The highest BCUT2D eigenvalue weighted by Gasteiger charge is 2.03. The van der Waals surface area contributed by atoms with E-state index in [1.54, 1.807) is 18.3 Å². The number of ether oxygens (including phenoxy) is 1. The fourth-order valence-corrected chi connectivity index (χ4v) is 1.52. The van der Waals surface area contributed by atoms with Gasteiger partial charge in [-0.05, 0) is 24.3 Å². The number of nitrogens with one attached hydrogen (secondary N) is 1. The first kappa shape index (κ1) is 12.2. The first-order valence-electron chi connectivity index (χ1n) is 5.40. The van der Waals surface area contributed by atoms with Gasteiger partial charge in [-0.1, -0.05) is 0 Å². The third kappa shape index (κ3) is 2.88. The lowest BCUT2D eigenvalue weighted by Gasteiger charge is -2.09. The Bertz CT molecular complexity index is 546. The van der Waals surface area contributed by atoms with Crippen LogP contribution in [0.1, 0.15) is 5.56 Å². The van der Waals surface area contributed by atoms with Crippen LogP contribution in [0.3, 0.4) is 0 Å². The summed E-state index contributed by atoms with van der Waals surface area (Å²) in [5, 5.41) is 12.6. The molecule has 0 atom stereocenters. The zero-order valence-corrected chi connectivity index (χ0v) is 9.85. The lowest BCUT2D eigenvalue weighted by atomic mass is 10.2. The number of benzene rings is 1. The second kappa shape index (κ2) is 5.35. The molecule has 1 aromatic heterocycles. The Morgan fingerprint density at radius 3 is 2.94 bits per heavy atom. The first-order chi connectivity index (χ1) is 8.69. The van der Waals surface area contributed by atoms with Crippen LogP contribution in [0.25, 0.3) is 0 Å². The molecule has 1 aromatic carbocycles. The Hall–Kier alpha value is -2.30. The van der Waals surface area contributed by atoms with E-state index in [2.05, 4.69) is 10.3 Å². The van der Waals surface area contributed by atoms with Gasteiger partial charge in [-0.15, -0.1) is 0 Å². The number of pyridine rings is 1. The van der Waals surface area contributed by atoms with Crippen LogP contribution in [-0.2, 0) is 6.54 Å². The standard InChI is InChI=1S/C13H13FN2O2/c1-18-13-7-11(4-5-15-13)16-8-9-6-10(14)2-3-12(9)17/h2-7,17H,8H2,1H3,(H,15,16). The smallest absolute Gasteiger partial charge is 0.214 e. The molecule has 4 nitrogen and oxygen atoms in total. The molecule has 1 heterocycles. The molecule has 5 heteroatoms. The molecule has 0 aliphatic carbocycles. The number of nitrogens with zero attached hydrogens (tertiary/aromatic N) is 1. The van der Waals surface area contributed by atoms with Crippen LogP contribution in [0, 0.1) is 5.82 Å². The van der Waals surface area contributed by atoms with E-state index in [0.29, 0.717) is 18.0 Å². The zero-order chi connectivity index (χ0) is 13.0. The van der Waals surface area contributed by atoms with Gasteiger partial charge in [0.2, 0.25) is 5.88 Å². The van der Waals surface area contributed by atoms with Crippen LogP contribution in [-0.4, -0.2) is 17.2 Å². The Morgan fingerprint density at radius 1 is 1.33 bits per heavy atom. The minimum atomic E-state index is -0.378. The largest absolute Gasteiger partial charge is 0.508 e. The summed E-state index contributed by atoms with van der Waals surface area (Å²) < 4.78 is 18.0. The number of aromatic nitrogens is 1. The number of aromatic hydroxyl groups is 1. The van der Waals surface area contributed by atoms with Crippen molar-refractivity contribution >= 4 is 5.69 Å². The highest BCUT2D eigenvalue weighted by Crippen LogP contribution is 2.20. The van der Waals surface area contributed by atoms with E-state index in [4.69, 9.17) is 4.74 Å². The van der Waals surface area contributed by atoms with Gasteiger partial charge in [-0.2, -0.15) is 0 Å². The number of phenols is 1. The van der Waals surface area contributed by atoms with Gasteiger partial charge in [0.25, 0.3) is 0 Å². The number of anilines is 1. The lowest BCUT2D eigenvalue weighted by Crippen LogP contribution is -2.01. The molecule has 94 valence electrons. The summed E-state index contributed by atoms with van der Waals surface area (Å²) in [7, 11) is 1.53. The first-order valence-corrected chi connectivity index (χ1v) is 5.40. The van der Waals surface area contributed by atoms with Crippen LogP contribution < -0.4 is 10.1 Å². The van der Waals surface area contributed by atoms with E-state index in [-0.39, 0.29) is 11.6 Å². The molecule has 0 saturated heterocycles. The van der Waals surface area contributed by atoms with E-state index < -0.39 is 0 Å². The van der Waals surface area contributed by atoms with Crippen LogP contribution in [0.15, 0.2) is 36.5 Å². The van der Waals surface area contributed by atoms with Crippen molar-refractivity contribution in [2.45, 2.75) is 6.54 Å². The molecule has 0 aliphatic rings. The number of phenolic OH excluding ortho intramolecular Hbond substituents is 1. The molecule has 0 amide bonds. The highest BCUT2D eigenvalue weighted by molar-refractivity contribution is 5.46. The van der Waals surface area contributed by atoms with Crippen molar-refractivity contribution in [1.29, 1.82) is 0 Å². The van der Waals surface area contributed by atoms with Gasteiger partial charge in [0.1, 0.15) is 11.6 Å². The van der Waals surface area contributed by atoms with Gasteiger partial charge in [0, 0.05) is 30.1 Å². The maximum atomic E-state index is 13.0. The van der Waals surface area contributed by atoms with Crippen LogP contribution in [0.4, 0.5) is 10.1 Å². The maximum Gasteiger partial charge on any atom is 0.214 e. The third-order valence-electron chi connectivity index (χ3n) is 2.47. The molecule has 0 radical (unpaired) electrons.